The van der Waals surface area contributed by atoms with Gasteiger partial charge < -0.3 is 0 Å². The van der Waals surface area contributed by atoms with Gasteiger partial charge in [0.1, 0.15) is 6.33 Å². The summed E-state index contributed by atoms with van der Waals surface area (Å²) in [5.41, 5.74) is 3.34. The van der Waals surface area contributed by atoms with E-state index >= 15 is 0 Å². The van der Waals surface area contributed by atoms with Crippen LogP contribution in [0.2, 0.25) is 0 Å². The lowest BCUT2D eigenvalue weighted by molar-refractivity contribution is 0.815. The van der Waals surface area contributed by atoms with Crippen molar-refractivity contribution < 1.29 is 0 Å². The molecular formula is C19H14BrN7S. The minimum absolute atomic E-state index is 0.0481. The van der Waals surface area contributed by atoms with Gasteiger partial charge in [0.2, 0.25) is 5.16 Å². The third kappa shape index (κ3) is 3.27. The Morgan fingerprint density at radius 3 is 3.00 bits per heavy atom. The molecule has 0 fully saturated rings. The second-order valence-electron chi connectivity index (χ2n) is 6.22. The summed E-state index contributed by atoms with van der Waals surface area (Å²) < 4.78 is 4.40. The summed E-state index contributed by atoms with van der Waals surface area (Å²) in [7, 11) is 0. The normalized spacial score (nSPS) is 15.7. The fraction of sp³-hybridized carbons (Fsp3) is 0.105. The van der Waals surface area contributed by atoms with Crippen molar-refractivity contribution in [3.63, 3.8) is 0 Å². The number of rotatable bonds is 5. The Morgan fingerprint density at radius 1 is 1.14 bits per heavy atom. The Bertz CT molecular complexity index is 1210. The third-order valence-corrected chi connectivity index (χ3v) is 5.84. The summed E-state index contributed by atoms with van der Waals surface area (Å²) in [6, 6.07) is 16.3. The van der Waals surface area contributed by atoms with Gasteiger partial charge in [-0.2, -0.15) is 19.4 Å². The molecule has 5 rings (SSSR count). The number of aromatic nitrogens is 5. The molecule has 9 heteroatoms. The van der Waals surface area contributed by atoms with Crippen molar-refractivity contribution in [3.8, 4) is 0 Å². The summed E-state index contributed by atoms with van der Waals surface area (Å²) in [4.78, 5) is 4.43. The average molecular weight is 452 g/mol. The lowest BCUT2D eigenvalue weighted by atomic mass is 10.0. The number of benzene rings is 2. The Kier molecular flexibility index (Phi) is 4.53. The molecule has 2 aromatic carbocycles. The maximum Gasteiger partial charge on any atom is 0.275 e. The summed E-state index contributed by atoms with van der Waals surface area (Å²) in [6.07, 6.45) is 5.38. The van der Waals surface area contributed by atoms with E-state index in [-0.39, 0.29) is 5.92 Å². The first-order chi connectivity index (χ1) is 13.8. The number of thioether (sulfide) groups is 1. The Balaban J connectivity index is 1.34. The first-order valence-corrected chi connectivity index (χ1v) is 10.4. The summed E-state index contributed by atoms with van der Waals surface area (Å²) in [6.45, 7) is 0. The molecule has 3 heterocycles. The number of halogens is 1. The van der Waals surface area contributed by atoms with E-state index in [1.807, 2.05) is 42.8 Å². The smallest absolute Gasteiger partial charge is 0.260 e. The highest BCUT2D eigenvalue weighted by Crippen LogP contribution is 2.30. The number of aliphatic imine (C=N–C) groups is 1. The van der Waals surface area contributed by atoms with Crippen LogP contribution >= 0.6 is 27.7 Å². The van der Waals surface area contributed by atoms with Gasteiger partial charge >= 0.3 is 0 Å². The minimum atomic E-state index is 0.0481. The summed E-state index contributed by atoms with van der Waals surface area (Å²) >= 11 is 5.08. The van der Waals surface area contributed by atoms with E-state index in [1.54, 1.807) is 27.3 Å². The van der Waals surface area contributed by atoms with Crippen molar-refractivity contribution in [3.05, 3.63) is 70.5 Å². The SMILES string of the molecule is Brc1cccc(CSc2nnc3n(/N=C\C4C=Nc5ccccc54)cnn23)c1. The van der Waals surface area contributed by atoms with Gasteiger partial charge in [-0.15, -0.1) is 10.2 Å². The fourth-order valence-electron chi connectivity index (χ4n) is 2.99. The molecule has 1 unspecified atom stereocenters. The zero-order chi connectivity index (χ0) is 18.9. The minimum Gasteiger partial charge on any atom is -0.260 e. The Morgan fingerprint density at radius 2 is 2.07 bits per heavy atom. The quantitative estimate of drug-likeness (QED) is 0.334. The van der Waals surface area contributed by atoms with Crippen LogP contribution in [0.1, 0.15) is 17.0 Å². The van der Waals surface area contributed by atoms with Gasteiger partial charge in [0.05, 0.1) is 11.6 Å². The second kappa shape index (κ2) is 7.33. The molecule has 0 saturated carbocycles. The van der Waals surface area contributed by atoms with E-state index in [9.17, 15) is 0 Å². The molecule has 4 aromatic rings. The van der Waals surface area contributed by atoms with Gasteiger partial charge in [-0.1, -0.05) is 58.0 Å². The van der Waals surface area contributed by atoms with Crippen molar-refractivity contribution in [2.75, 3.05) is 0 Å². The van der Waals surface area contributed by atoms with Gasteiger partial charge in [0.25, 0.3) is 5.78 Å². The van der Waals surface area contributed by atoms with Crippen LogP contribution in [0.5, 0.6) is 0 Å². The van der Waals surface area contributed by atoms with Crippen LogP contribution in [0.4, 0.5) is 5.69 Å². The zero-order valence-corrected chi connectivity index (χ0v) is 17.0. The van der Waals surface area contributed by atoms with Crippen molar-refractivity contribution in [1.29, 1.82) is 0 Å². The van der Waals surface area contributed by atoms with Crippen LogP contribution in [0.25, 0.3) is 5.78 Å². The molecule has 0 spiro atoms. The van der Waals surface area contributed by atoms with E-state index in [4.69, 9.17) is 0 Å². The molecule has 0 N–H and O–H groups in total. The van der Waals surface area contributed by atoms with Crippen molar-refractivity contribution >= 4 is 51.6 Å². The molecule has 0 aliphatic carbocycles. The number of hydrogen-bond acceptors (Lipinski definition) is 6. The predicted molar refractivity (Wildman–Crippen MR) is 114 cm³/mol. The molecule has 138 valence electrons. The van der Waals surface area contributed by atoms with Crippen LogP contribution in [0, 0.1) is 0 Å². The zero-order valence-electron chi connectivity index (χ0n) is 14.6. The van der Waals surface area contributed by atoms with Crippen molar-refractivity contribution in [2.45, 2.75) is 16.8 Å². The molecule has 1 aliphatic heterocycles. The molecule has 0 radical (unpaired) electrons. The molecule has 1 atom stereocenters. The van der Waals surface area contributed by atoms with E-state index < -0.39 is 0 Å². The molecular weight excluding hydrogens is 438 g/mol. The topological polar surface area (TPSA) is 72.7 Å². The van der Waals surface area contributed by atoms with Crippen LogP contribution in [0.15, 0.2) is 74.6 Å². The maximum atomic E-state index is 4.52. The highest BCUT2D eigenvalue weighted by molar-refractivity contribution is 9.10. The molecule has 28 heavy (non-hydrogen) atoms. The molecule has 0 bridgehead atoms. The number of hydrogen-bond donors (Lipinski definition) is 0. The van der Waals surface area contributed by atoms with Gasteiger partial charge in [-0.05, 0) is 29.3 Å². The Hall–Kier alpha value is -2.78. The average Bonchev–Trinajstić information content (AvgIpc) is 3.41. The van der Waals surface area contributed by atoms with Crippen LogP contribution < -0.4 is 0 Å². The highest BCUT2D eigenvalue weighted by atomic mass is 79.9. The van der Waals surface area contributed by atoms with E-state index in [1.165, 1.54) is 5.56 Å². The maximum absolute atomic E-state index is 4.52. The lowest BCUT2D eigenvalue weighted by Crippen LogP contribution is -1.99. The number of nitrogens with zero attached hydrogens (tertiary/aromatic N) is 7. The van der Waals surface area contributed by atoms with E-state index in [0.29, 0.717) is 5.78 Å². The molecule has 7 nitrogen and oxygen atoms in total. The predicted octanol–water partition coefficient (Wildman–Crippen LogP) is 4.31. The van der Waals surface area contributed by atoms with Crippen LogP contribution in [0.3, 0.4) is 0 Å². The Labute approximate surface area is 173 Å². The standard InChI is InChI=1S/C19H14BrN7S/c20-15-5-3-4-13(8-15)11-28-19-25-24-18-26(12-23-27(18)19)22-10-14-9-21-17-7-2-1-6-16(14)17/h1-10,12,14H,11H2/b22-10-. The summed E-state index contributed by atoms with van der Waals surface area (Å²) in [5.74, 6) is 1.41. The molecule has 1 aliphatic rings. The highest BCUT2D eigenvalue weighted by Gasteiger charge is 2.17. The van der Waals surface area contributed by atoms with Crippen molar-refractivity contribution in [1.82, 2.24) is 24.5 Å². The molecule has 0 amide bonds. The van der Waals surface area contributed by atoms with Gasteiger partial charge in [-0.3, -0.25) is 4.99 Å². The largest absolute Gasteiger partial charge is 0.275 e. The van der Waals surface area contributed by atoms with E-state index in [2.05, 4.69) is 59.5 Å². The third-order valence-electron chi connectivity index (χ3n) is 4.36. The van der Waals surface area contributed by atoms with Gasteiger partial charge in [-0.25, -0.2) is 0 Å². The lowest BCUT2D eigenvalue weighted by Gasteiger charge is -2.02. The van der Waals surface area contributed by atoms with Gasteiger partial charge in [0, 0.05) is 22.7 Å². The van der Waals surface area contributed by atoms with Gasteiger partial charge in [0.15, 0.2) is 0 Å². The molecule has 0 saturated heterocycles. The fourth-order valence-corrected chi connectivity index (χ4v) is 4.26. The van der Waals surface area contributed by atoms with Crippen LogP contribution in [-0.4, -0.2) is 36.9 Å². The molecule has 2 aromatic heterocycles. The number of para-hydroxylation sites is 1. The second-order valence-corrected chi connectivity index (χ2v) is 8.07. The van der Waals surface area contributed by atoms with Crippen molar-refractivity contribution in [2.24, 2.45) is 10.1 Å². The monoisotopic (exact) mass is 451 g/mol. The van der Waals surface area contributed by atoms with Crippen LogP contribution in [-0.2, 0) is 5.75 Å². The first kappa shape index (κ1) is 17.3. The van der Waals surface area contributed by atoms with E-state index in [0.717, 1.165) is 26.6 Å². The first-order valence-electron chi connectivity index (χ1n) is 8.61. The number of fused-ring (bicyclic) bond motifs is 2. The summed E-state index contributed by atoms with van der Waals surface area (Å²) in [5, 5.41) is 18.1.